The first kappa shape index (κ1) is 12.0. The largest absolute Gasteiger partial charge is 0.387 e. The number of aldehydes is 1. The van der Waals surface area contributed by atoms with Gasteiger partial charge in [-0.15, -0.1) is 0 Å². The molecule has 0 saturated carbocycles. The number of primary amides is 1. The van der Waals surface area contributed by atoms with Gasteiger partial charge in [-0.05, 0) is 0 Å². The van der Waals surface area contributed by atoms with Crippen molar-refractivity contribution in [3.63, 3.8) is 0 Å². The second-order valence-corrected chi connectivity index (χ2v) is 2.46. The van der Waals surface area contributed by atoms with Crippen LogP contribution in [0.1, 0.15) is 0 Å². The lowest BCUT2D eigenvalue weighted by molar-refractivity contribution is -0.147. The van der Waals surface area contributed by atoms with Gasteiger partial charge in [0, 0.05) is 0 Å². The van der Waals surface area contributed by atoms with Gasteiger partial charge in [-0.25, -0.2) is 0 Å². The van der Waals surface area contributed by atoms with E-state index in [0.717, 1.165) is 0 Å². The van der Waals surface area contributed by atoms with Crippen LogP contribution in [0.4, 0.5) is 0 Å². The van der Waals surface area contributed by atoms with Crippen LogP contribution in [0, 0.1) is 0 Å². The smallest absolute Gasteiger partial charge is 0.249 e. The molecule has 0 bridgehead atoms. The lowest BCUT2D eigenvalue weighted by Crippen LogP contribution is -2.49. The topological polar surface area (TPSA) is 141 Å². The molecule has 0 aliphatic carbocycles. The number of hydrogen-bond donors (Lipinski definition) is 5. The molecule has 76 valence electrons. The number of nitrogens with two attached hydrogens (primary N) is 1. The number of aliphatic hydroxyl groups excluding tert-OH is 4. The molecule has 0 aromatic rings. The highest BCUT2D eigenvalue weighted by atomic mass is 16.4. The molecule has 1 amide bonds. The van der Waals surface area contributed by atoms with Gasteiger partial charge in [-0.1, -0.05) is 0 Å². The van der Waals surface area contributed by atoms with E-state index in [0.29, 0.717) is 0 Å². The predicted molar refractivity (Wildman–Crippen MR) is 39.3 cm³/mol. The molecule has 0 saturated heterocycles. The van der Waals surface area contributed by atoms with E-state index < -0.39 is 30.3 Å². The van der Waals surface area contributed by atoms with Gasteiger partial charge >= 0.3 is 0 Å². The van der Waals surface area contributed by atoms with Gasteiger partial charge < -0.3 is 31.0 Å². The van der Waals surface area contributed by atoms with Crippen LogP contribution >= 0.6 is 0 Å². The van der Waals surface area contributed by atoms with Crippen molar-refractivity contribution in [3.8, 4) is 0 Å². The van der Waals surface area contributed by atoms with Gasteiger partial charge in [0.1, 0.15) is 18.3 Å². The molecule has 7 nitrogen and oxygen atoms in total. The highest BCUT2D eigenvalue weighted by molar-refractivity contribution is 5.79. The molecule has 0 unspecified atom stereocenters. The first-order valence-electron chi connectivity index (χ1n) is 3.38. The molecule has 6 N–H and O–H groups in total. The average molecular weight is 193 g/mol. The van der Waals surface area contributed by atoms with Crippen molar-refractivity contribution in [2.45, 2.75) is 24.4 Å². The molecule has 0 aromatic carbocycles. The Morgan fingerprint density at radius 1 is 1.15 bits per heavy atom. The van der Waals surface area contributed by atoms with Crippen LogP contribution < -0.4 is 5.73 Å². The second kappa shape index (κ2) is 4.87. The van der Waals surface area contributed by atoms with Crippen LogP contribution in [-0.2, 0) is 9.59 Å². The summed E-state index contributed by atoms with van der Waals surface area (Å²) in [6.07, 6.45) is -7.87. The van der Waals surface area contributed by atoms with Crippen LogP contribution in [0.15, 0.2) is 0 Å². The fourth-order valence-electron chi connectivity index (χ4n) is 0.638. The average Bonchev–Trinajstić information content (AvgIpc) is 2.12. The Bertz CT molecular complexity index is 196. The van der Waals surface area contributed by atoms with E-state index in [1.165, 1.54) is 0 Å². The van der Waals surface area contributed by atoms with E-state index in [4.69, 9.17) is 20.4 Å². The Morgan fingerprint density at radius 2 is 1.62 bits per heavy atom. The first-order valence-corrected chi connectivity index (χ1v) is 3.38. The Labute approximate surface area is 73.4 Å². The van der Waals surface area contributed by atoms with Crippen molar-refractivity contribution in [2.24, 2.45) is 5.73 Å². The van der Waals surface area contributed by atoms with Crippen molar-refractivity contribution < 1.29 is 30.0 Å². The zero-order chi connectivity index (χ0) is 10.6. The van der Waals surface area contributed by atoms with Gasteiger partial charge in [-0.3, -0.25) is 4.79 Å². The summed E-state index contributed by atoms with van der Waals surface area (Å²) < 4.78 is 0. The zero-order valence-electron chi connectivity index (χ0n) is 6.57. The molecule has 4 atom stereocenters. The van der Waals surface area contributed by atoms with E-state index in [-0.39, 0.29) is 6.29 Å². The molecule has 13 heavy (non-hydrogen) atoms. The van der Waals surface area contributed by atoms with Crippen molar-refractivity contribution in [3.05, 3.63) is 0 Å². The summed E-state index contributed by atoms with van der Waals surface area (Å²) in [5, 5.41) is 35.3. The Hall–Kier alpha value is -1.02. The number of amides is 1. The second-order valence-electron chi connectivity index (χ2n) is 2.46. The minimum absolute atomic E-state index is 0.0401. The normalized spacial score (nSPS) is 20.0. The lowest BCUT2D eigenvalue weighted by Gasteiger charge is -2.21. The van der Waals surface area contributed by atoms with Gasteiger partial charge in [0.05, 0.1) is 0 Å². The Balaban J connectivity index is 4.32. The molecular formula is C6H11NO6. The quantitative estimate of drug-likeness (QED) is 0.283. The molecule has 0 radical (unpaired) electrons. The third-order valence-corrected chi connectivity index (χ3v) is 1.45. The van der Waals surface area contributed by atoms with E-state index in [9.17, 15) is 9.59 Å². The lowest BCUT2D eigenvalue weighted by atomic mass is 10.0. The summed E-state index contributed by atoms with van der Waals surface area (Å²) in [5.41, 5.74) is 4.59. The molecular weight excluding hydrogens is 182 g/mol. The van der Waals surface area contributed by atoms with E-state index in [2.05, 4.69) is 5.73 Å². The minimum atomic E-state index is -2.02. The summed E-state index contributed by atoms with van der Waals surface area (Å²) in [7, 11) is 0. The molecule has 7 heteroatoms. The SMILES string of the molecule is NC(=O)[C@@H](O)[C@H](O)[C@H](O)[C@H](O)C=O. The first-order chi connectivity index (χ1) is 5.91. The fraction of sp³-hybridized carbons (Fsp3) is 0.667. The summed E-state index contributed by atoms with van der Waals surface area (Å²) >= 11 is 0. The molecule has 0 rings (SSSR count). The van der Waals surface area contributed by atoms with Crippen LogP contribution in [0.2, 0.25) is 0 Å². The summed E-state index contributed by atoms with van der Waals surface area (Å²) in [6.45, 7) is 0. The van der Waals surface area contributed by atoms with Gasteiger partial charge in [-0.2, -0.15) is 0 Å². The maximum atomic E-state index is 10.3. The molecule has 0 aromatic heterocycles. The third kappa shape index (κ3) is 3.07. The van der Waals surface area contributed by atoms with Gasteiger partial charge in [0.25, 0.3) is 0 Å². The van der Waals surface area contributed by atoms with Crippen LogP contribution in [0.25, 0.3) is 0 Å². The van der Waals surface area contributed by atoms with E-state index in [1.54, 1.807) is 0 Å². The number of hydrogen-bond acceptors (Lipinski definition) is 6. The predicted octanol–water partition coefficient (Wildman–Crippen LogP) is -3.89. The number of carbonyl (C=O) groups is 2. The molecule has 0 spiro atoms. The van der Waals surface area contributed by atoms with Crippen molar-refractivity contribution in [2.75, 3.05) is 0 Å². The minimum Gasteiger partial charge on any atom is -0.387 e. The third-order valence-electron chi connectivity index (χ3n) is 1.45. The highest BCUT2D eigenvalue weighted by Crippen LogP contribution is 2.03. The van der Waals surface area contributed by atoms with Crippen molar-refractivity contribution in [1.82, 2.24) is 0 Å². The number of aliphatic hydroxyl groups is 4. The van der Waals surface area contributed by atoms with Crippen molar-refractivity contribution >= 4 is 12.2 Å². The summed E-state index contributed by atoms with van der Waals surface area (Å²) in [5.74, 6) is -1.26. The maximum absolute atomic E-state index is 10.3. The monoisotopic (exact) mass is 193 g/mol. The standard InChI is InChI=1S/C6H11NO6/c7-6(13)5(12)4(11)3(10)2(9)1-8/h1-5,9-12H,(H2,7,13)/t2-,3-,4-,5+/m1/s1. The van der Waals surface area contributed by atoms with Crippen LogP contribution in [-0.4, -0.2) is 57.0 Å². The summed E-state index contributed by atoms with van der Waals surface area (Å²) in [4.78, 5) is 20.2. The zero-order valence-corrected chi connectivity index (χ0v) is 6.57. The Kier molecular flexibility index (Phi) is 4.49. The van der Waals surface area contributed by atoms with Gasteiger partial charge in [0.2, 0.25) is 5.91 Å². The van der Waals surface area contributed by atoms with Crippen molar-refractivity contribution in [1.29, 1.82) is 0 Å². The van der Waals surface area contributed by atoms with Crippen LogP contribution in [0.5, 0.6) is 0 Å². The molecule has 0 heterocycles. The van der Waals surface area contributed by atoms with E-state index >= 15 is 0 Å². The maximum Gasteiger partial charge on any atom is 0.249 e. The molecule has 0 aliphatic rings. The van der Waals surface area contributed by atoms with Gasteiger partial charge in [0.15, 0.2) is 12.4 Å². The Morgan fingerprint density at radius 3 is 1.92 bits per heavy atom. The number of rotatable bonds is 5. The van der Waals surface area contributed by atoms with E-state index in [1.807, 2.05) is 0 Å². The highest BCUT2D eigenvalue weighted by Gasteiger charge is 2.32. The molecule has 0 fully saturated rings. The fourth-order valence-corrected chi connectivity index (χ4v) is 0.638. The molecule has 0 aliphatic heterocycles. The number of carbonyl (C=O) groups excluding carboxylic acids is 2. The summed E-state index contributed by atoms with van der Waals surface area (Å²) in [6, 6.07) is 0. The van der Waals surface area contributed by atoms with Crippen LogP contribution in [0.3, 0.4) is 0 Å².